The van der Waals surface area contributed by atoms with Crippen molar-refractivity contribution in [3.05, 3.63) is 40.2 Å². The Hall–Kier alpha value is -1.69. The second-order valence-electron chi connectivity index (χ2n) is 3.09. The number of hydrogen-bond donors (Lipinski definition) is 2. The fourth-order valence-corrected chi connectivity index (χ4v) is 1.70. The van der Waals surface area contributed by atoms with Crippen molar-refractivity contribution < 1.29 is 14.3 Å². The highest BCUT2D eigenvalue weighted by atomic mass is 79.9. The van der Waals surface area contributed by atoms with E-state index in [4.69, 9.17) is 5.11 Å². The lowest BCUT2D eigenvalue weighted by Crippen LogP contribution is -1.98. The molecule has 0 aliphatic heterocycles. The predicted octanol–water partition coefficient (Wildman–Crippen LogP) is 2.68. The molecular formula is C10H6BrFN2O2. The van der Waals surface area contributed by atoms with Crippen molar-refractivity contribution in [3.8, 4) is 11.3 Å². The van der Waals surface area contributed by atoms with Gasteiger partial charge in [-0.1, -0.05) is 15.9 Å². The standard InChI is InChI=1S/C10H6BrFN2O2/c11-5-1-2-8(12)6(3-5)9-7(10(15)16)4-13-14-9/h1-4H,(H,13,14)(H,15,16). The summed E-state index contributed by atoms with van der Waals surface area (Å²) in [6.07, 6.45) is 1.15. The van der Waals surface area contributed by atoms with Crippen molar-refractivity contribution in [2.45, 2.75) is 0 Å². The smallest absolute Gasteiger partial charge is 0.339 e. The summed E-state index contributed by atoms with van der Waals surface area (Å²) in [7, 11) is 0. The number of H-pyrrole nitrogens is 1. The molecule has 0 bridgehead atoms. The highest BCUT2D eigenvalue weighted by molar-refractivity contribution is 9.10. The van der Waals surface area contributed by atoms with Crippen molar-refractivity contribution in [2.75, 3.05) is 0 Å². The number of carbonyl (C=O) groups is 1. The second-order valence-corrected chi connectivity index (χ2v) is 4.00. The number of benzene rings is 1. The van der Waals surface area contributed by atoms with Gasteiger partial charge in [0.05, 0.1) is 11.9 Å². The van der Waals surface area contributed by atoms with Crippen LogP contribution in [0.5, 0.6) is 0 Å². The summed E-state index contributed by atoms with van der Waals surface area (Å²) in [6.45, 7) is 0. The highest BCUT2D eigenvalue weighted by Gasteiger charge is 2.17. The van der Waals surface area contributed by atoms with Crippen LogP contribution < -0.4 is 0 Å². The molecule has 82 valence electrons. The van der Waals surface area contributed by atoms with Crippen LogP contribution in [0.3, 0.4) is 0 Å². The Kier molecular flexibility index (Phi) is 2.74. The molecule has 0 spiro atoms. The summed E-state index contributed by atoms with van der Waals surface area (Å²) in [5, 5.41) is 15.0. The van der Waals surface area contributed by atoms with E-state index in [0.717, 1.165) is 6.20 Å². The monoisotopic (exact) mass is 284 g/mol. The van der Waals surface area contributed by atoms with Crippen molar-refractivity contribution in [1.82, 2.24) is 10.2 Å². The van der Waals surface area contributed by atoms with Gasteiger partial charge < -0.3 is 5.11 Å². The molecule has 2 rings (SSSR count). The number of nitrogens with one attached hydrogen (secondary N) is 1. The Morgan fingerprint density at radius 3 is 2.94 bits per heavy atom. The number of carboxylic acid groups (broad SMARTS) is 1. The summed E-state index contributed by atoms with van der Waals surface area (Å²) < 4.78 is 14.2. The Labute approximate surface area is 98.2 Å². The molecule has 1 aromatic heterocycles. The molecule has 0 radical (unpaired) electrons. The molecule has 6 heteroatoms. The van der Waals surface area contributed by atoms with Gasteiger partial charge in [-0.2, -0.15) is 5.10 Å². The summed E-state index contributed by atoms with van der Waals surface area (Å²) in [6, 6.07) is 4.29. The number of aromatic carboxylic acids is 1. The molecule has 2 N–H and O–H groups in total. The van der Waals surface area contributed by atoms with Crippen LogP contribution in [-0.4, -0.2) is 21.3 Å². The Bertz CT molecular complexity index is 554. The van der Waals surface area contributed by atoms with E-state index in [9.17, 15) is 9.18 Å². The van der Waals surface area contributed by atoms with Crippen LogP contribution in [0, 0.1) is 5.82 Å². The first-order valence-electron chi connectivity index (χ1n) is 4.31. The van der Waals surface area contributed by atoms with Gasteiger partial charge in [0.25, 0.3) is 0 Å². The minimum absolute atomic E-state index is 0.0583. The molecule has 2 aromatic rings. The van der Waals surface area contributed by atoms with E-state index >= 15 is 0 Å². The van der Waals surface area contributed by atoms with Crippen LogP contribution >= 0.6 is 15.9 Å². The first kappa shape index (κ1) is 10.8. The molecule has 1 aromatic carbocycles. The van der Waals surface area contributed by atoms with Crippen LogP contribution in [-0.2, 0) is 0 Å². The Morgan fingerprint density at radius 1 is 1.50 bits per heavy atom. The molecule has 0 saturated heterocycles. The maximum atomic E-state index is 13.5. The molecule has 0 amide bonds. The first-order chi connectivity index (χ1) is 7.59. The average Bonchev–Trinajstić information content (AvgIpc) is 2.70. The lowest BCUT2D eigenvalue weighted by molar-refractivity contribution is 0.0698. The quantitative estimate of drug-likeness (QED) is 0.891. The normalized spacial score (nSPS) is 10.4. The molecule has 0 fully saturated rings. The average molecular weight is 285 g/mol. The zero-order chi connectivity index (χ0) is 11.7. The lowest BCUT2D eigenvalue weighted by atomic mass is 10.1. The maximum absolute atomic E-state index is 13.5. The van der Waals surface area contributed by atoms with Crippen molar-refractivity contribution >= 4 is 21.9 Å². The molecular weight excluding hydrogens is 279 g/mol. The van der Waals surface area contributed by atoms with Crippen LogP contribution in [0.15, 0.2) is 28.9 Å². The number of hydrogen-bond acceptors (Lipinski definition) is 2. The summed E-state index contributed by atoms with van der Waals surface area (Å²) in [5.41, 5.74) is 0.271. The zero-order valence-corrected chi connectivity index (χ0v) is 9.45. The van der Waals surface area contributed by atoms with Gasteiger partial charge in [-0.25, -0.2) is 9.18 Å². The van der Waals surface area contributed by atoms with Gasteiger partial charge in [-0.05, 0) is 18.2 Å². The third-order valence-corrected chi connectivity index (χ3v) is 2.56. The van der Waals surface area contributed by atoms with E-state index in [0.29, 0.717) is 4.47 Å². The van der Waals surface area contributed by atoms with Gasteiger partial charge in [-0.3, -0.25) is 5.10 Å². The van der Waals surface area contributed by atoms with Crippen molar-refractivity contribution in [3.63, 3.8) is 0 Å². The van der Waals surface area contributed by atoms with E-state index in [1.54, 1.807) is 0 Å². The van der Waals surface area contributed by atoms with Crippen molar-refractivity contribution in [1.29, 1.82) is 0 Å². The van der Waals surface area contributed by atoms with Crippen LogP contribution in [0.4, 0.5) is 4.39 Å². The number of aromatic nitrogens is 2. The largest absolute Gasteiger partial charge is 0.478 e. The molecule has 0 atom stereocenters. The third-order valence-electron chi connectivity index (χ3n) is 2.07. The Balaban J connectivity index is 2.62. The van der Waals surface area contributed by atoms with Gasteiger partial charge in [-0.15, -0.1) is 0 Å². The fraction of sp³-hybridized carbons (Fsp3) is 0. The fourth-order valence-electron chi connectivity index (χ4n) is 1.34. The van der Waals surface area contributed by atoms with Gasteiger partial charge in [0.15, 0.2) is 0 Å². The molecule has 1 heterocycles. The molecule has 0 aliphatic carbocycles. The van der Waals surface area contributed by atoms with Gasteiger partial charge in [0.1, 0.15) is 11.4 Å². The minimum atomic E-state index is -1.15. The van der Waals surface area contributed by atoms with E-state index in [1.807, 2.05) is 0 Å². The van der Waals surface area contributed by atoms with E-state index < -0.39 is 11.8 Å². The van der Waals surface area contributed by atoms with Gasteiger partial charge >= 0.3 is 5.97 Å². The maximum Gasteiger partial charge on any atom is 0.339 e. The summed E-state index contributed by atoms with van der Waals surface area (Å²) in [4.78, 5) is 10.9. The van der Waals surface area contributed by atoms with E-state index in [-0.39, 0.29) is 16.8 Å². The minimum Gasteiger partial charge on any atom is -0.478 e. The molecule has 16 heavy (non-hydrogen) atoms. The van der Waals surface area contributed by atoms with Crippen LogP contribution in [0.2, 0.25) is 0 Å². The summed E-state index contributed by atoms with van der Waals surface area (Å²) >= 11 is 3.20. The molecule has 4 nitrogen and oxygen atoms in total. The SMILES string of the molecule is O=C(O)c1cn[nH]c1-c1cc(Br)ccc1F. The van der Waals surface area contributed by atoms with Crippen molar-refractivity contribution in [2.24, 2.45) is 0 Å². The van der Waals surface area contributed by atoms with Gasteiger partial charge in [0.2, 0.25) is 0 Å². The van der Waals surface area contributed by atoms with Gasteiger partial charge in [0, 0.05) is 10.0 Å². The van der Waals surface area contributed by atoms with E-state index in [2.05, 4.69) is 26.1 Å². The molecule has 0 aliphatic rings. The molecule has 0 saturated carbocycles. The second kappa shape index (κ2) is 4.05. The Morgan fingerprint density at radius 2 is 2.25 bits per heavy atom. The van der Waals surface area contributed by atoms with E-state index in [1.165, 1.54) is 18.2 Å². The number of rotatable bonds is 2. The predicted molar refractivity (Wildman–Crippen MR) is 58.6 cm³/mol. The van der Waals surface area contributed by atoms with Crippen LogP contribution in [0.25, 0.3) is 11.3 Å². The molecule has 0 unspecified atom stereocenters. The number of halogens is 2. The van der Waals surface area contributed by atoms with Crippen LogP contribution in [0.1, 0.15) is 10.4 Å². The topological polar surface area (TPSA) is 66.0 Å². The first-order valence-corrected chi connectivity index (χ1v) is 5.11. The zero-order valence-electron chi connectivity index (χ0n) is 7.87. The third kappa shape index (κ3) is 1.83. The highest BCUT2D eigenvalue weighted by Crippen LogP contribution is 2.27. The summed E-state index contributed by atoms with van der Waals surface area (Å²) in [5.74, 6) is -1.65. The number of nitrogens with zero attached hydrogens (tertiary/aromatic N) is 1. The lowest BCUT2D eigenvalue weighted by Gasteiger charge is -2.02. The number of aromatic amines is 1. The number of carboxylic acids is 1.